The largest absolute Gasteiger partial charge is 0.324 e. The minimum atomic E-state index is -3.83. The van der Waals surface area contributed by atoms with Crippen LogP contribution in [0.4, 0.5) is 0 Å². The zero-order chi connectivity index (χ0) is 13.3. The molecule has 0 saturated heterocycles. The minimum absolute atomic E-state index is 0.0304. The third kappa shape index (κ3) is 2.35. The number of halogens is 1. The van der Waals surface area contributed by atoms with Crippen LogP contribution in [0.3, 0.4) is 0 Å². The molecule has 2 N–H and O–H groups in total. The van der Waals surface area contributed by atoms with Crippen molar-refractivity contribution in [1.29, 1.82) is 0 Å². The van der Waals surface area contributed by atoms with Crippen LogP contribution < -0.4 is 4.72 Å². The summed E-state index contributed by atoms with van der Waals surface area (Å²) in [7, 11) is -2.24. The van der Waals surface area contributed by atoms with Crippen LogP contribution in [0.5, 0.6) is 0 Å². The van der Waals surface area contributed by atoms with Crippen molar-refractivity contribution in [2.24, 2.45) is 7.05 Å². The van der Waals surface area contributed by atoms with Gasteiger partial charge in [0.05, 0.1) is 12.4 Å². The molecule has 2 heterocycles. The summed E-state index contributed by atoms with van der Waals surface area (Å²) in [6.45, 7) is 1.58. The number of imidazole rings is 1. The van der Waals surface area contributed by atoms with Crippen molar-refractivity contribution in [3.05, 3.63) is 17.3 Å². The fourth-order valence-corrected chi connectivity index (χ4v) is 2.90. The molecule has 0 bridgehead atoms. The van der Waals surface area contributed by atoms with Gasteiger partial charge in [-0.05, 0) is 6.92 Å². The third-order valence-corrected chi connectivity index (χ3v) is 4.20. The van der Waals surface area contributed by atoms with E-state index in [1.807, 2.05) is 0 Å². The van der Waals surface area contributed by atoms with E-state index in [-0.39, 0.29) is 16.0 Å². The number of aromatic amines is 1. The second kappa shape index (κ2) is 4.63. The Morgan fingerprint density at radius 1 is 1.56 bits per heavy atom. The van der Waals surface area contributed by atoms with Gasteiger partial charge in [-0.3, -0.25) is 0 Å². The van der Waals surface area contributed by atoms with Crippen molar-refractivity contribution in [3.63, 3.8) is 0 Å². The molecular weight excluding hydrogens is 282 g/mol. The summed E-state index contributed by atoms with van der Waals surface area (Å²) < 4.78 is 27.8. The number of hydrogen-bond acceptors (Lipinski definition) is 6. The Morgan fingerprint density at radius 2 is 2.28 bits per heavy atom. The fourth-order valence-electron chi connectivity index (χ4n) is 1.27. The number of hydrogen-bond donors (Lipinski definition) is 2. The highest BCUT2D eigenvalue weighted by molar-refractivity contribution is 7.89. The Balaban J connectivity index is 2.25. The maximum Gasteiger partial charge on any atom is 0.261 e. The Morgan fingerprint density at radius 3 is 2.78 bits per heavy atom. The number of H-pyrrole nitrogens is 1. The van der Waals surface area contributed by atoms with E-state index in [0.29, 0.717) is 0 Å². The van der Waals surface area contributed by atoms with E-state index in [1.165, 1.54) is 10.9 Å². The van der Waals surface area contributed by atoms with Crippen molar-refractivity contribution in [2.45, 2.75) is 18.0 Å². The van der Waals surface area contributed by atoms with Crippen LogP contribution >= 0.6 is 11.6 Å². The summed E-state index contributed by atoms with van der Waals surface area (Å²) in [4.78, 5) is 3.74. The van der Waals surface area contributed by atoms with Gasteiger partial charge in [0.25, 0.3) is 10.0 Å². The first-order valence-corrected chi connectivity index (χ1v) is 6.70. The van der Waals surface area contributed by atoms with Crippen LogP contribution in [0.2, 0.25) is 5.15 Å². The monoisotopic (exact) mass is 291 g/mol. The Labute approximate surface area is 108 Å². The molecular formula is C7H10ClN7O2S. The van der Waals surface area contributed by atoms with Gasteiger partial charge in [-0.1, -0.05) is 16.8 Å². The molecule has 0 fully saturated rings. The Kier molecular flexibility index (Phi) is 3.32. The molecule has 1 atom stereocenters. The summed E-state index contributed by atoms with van der Waals surface area (Å²) in [6, 6.07) is -0.646. The van der Waals surface area contributed by atoms with E-state index < -0.39 is 16.1 Å². The van der Waals surface area contributed by atoms with Crippen LogP contribution in [-0.4, -0.2) is 38.6 Å². The number of sulfonamides is 1. The van der Waals surface area contributed by atoms with Gasteiger partial charge in [0.1, 0.15) is 5.15 Å². The van der Waals surface area contributed by atoms with Crippen molar-refractivity contribution < 1.29 is 8.42 Å². The Bertz CT molecular complexity index is 635. The molecule has 98 valence electrons. The quantitative estimate of drug-likeness (QED) is 0.793. The van der Waals surface area contributed by atoms with Crippen LogP contribution in [-0.2, 0) is 17.1 Å². The molecule has 18 heavy (non-hydrogen) atoms. The average molecular weight is 292 g/mol. The number of nitrogens with zero attached hydrogens (tertiary/aromatic N) is 5. The number of aromatic nitrogens is 6. The molecule has 0 radical (unpaired) electrons. The third-order valence-electron chi connectivity index (χ3n) is 2.17. The van der Waals surface area contributed by atoms with Gasteiger partial charge in [0.2, 0.25) is 5.03 Å². The molecule has 2 rings (SSSR count). The Hall–Kier alpha value is -1.52. The zero-order valence-corrected chi connectivity index (χ0v) is 11.1. The molecule has 0 aliphatic carbocycles. The van der Waals surface area contributed by atoms with Crippen molar-refractivity contribution in [2.75, 3.05) is 0 Å². The fraction of sp³-hybridized carbons (Fsp3) is 0.429. The van der Waals surface area contributed by atoms with Crippen molar-refractivity contribution in [1.82, 2.24) is 34.9 Å². The number of nitrogens with one attached hydrogen (secondary N) is 2. The van der Waals surface area contributed by atoms with Crippen molar-refractivity contribution >= 4 is 21.6 Å². The average Bonchev–Trinajstić information content (AvgIpc) is 2.89. The number of rotatable bonds is 4. The van der Waals surface area contributed by atoms with Gasteiger partial charge < -0.3 is 4.57 Å². The van der Waals surface area contributed by atoms with E-state index in [9.17, 15) is 8.42 Å². The molecule has 2 aromatic heterocycles. The maximum atomic E-state index is 12.0. The lowest BCUT2D eigenvalue weighted by atomic mass is 10.4. The van der Waals surface area contributed by atoms with E-state index in [4.69, 9.17) is 11.6 Å². The van der Waals surface area contributed by atoms with Gasteiger partial charge in [0.15, 0.2) is 5.82 Å². The summed E-state index contributed by atoms with van der Waals surface area (Å²) >= 11 is 5.83. The first-order valence-electron chi connectivity index (χ1n) is 4.84. The second-order valence-electron chi connectivity index (χ2n) is 3.56. The van der Waals surface area contributed by atoms with E-state index >= 15 is 0 Å². The lowest BCUT2D eigenvalue weighted by Crippen LogP contribution is -2.28. The van der Waals surface area contributed by atoms with Crippen LogP contribution in [0.1, 0.15) is 18.8 Å². The zero-order valence-electron chi connectivity index (χ0n) is 9.49. The van der Waals surface area contributed by atoms with Crippen LogP contribution in [0.25, 0.3) is 0 Å². The topological polar surface area (TPSA) is 118 Å². The molecule has 0 aliphatic heterocycles. The lowest BCUT2D eigenvalue weighted by molar-refractivity contribution is 0.557. The number of aryl methyl sites for hydroxylation is 1. The first kappa shape index (κ1) is 12.9. The van der Waals surface area contributed by atoms with Crippen molar-refractivity contribution in [3.8, 4) is 0 Å². The summed E-state index contributed by atoms with van der Waals surface area (Å²) in [6.07, 6.45) is 1.32. The standard InChI is InChI=1S/C7H10ClN7O2S/c1-4(6-10-13-14-11-6)12-18(16,17)7-5(8)15(2)3-9-7/h3-4,12H,1-2H3,(H,10,11,13,14). The lowest BCUT2D eigenvalue weighted by Gasteiger charge is -2.09. The first-order chi connectivity index (χ1) is 8.42. The van der Waals surface area contributed by atoms with Crippen LogP contribution in [0, 0.1) is 0 Å². The highest BCUT2D eigenvalue weighted by Crippen LogP contribution is 2.20. The van der Waals surface area contributed by atoms with Gasteiger partial charge in [0, 0.05) is 7.05 Å². The summed E-state index contributed by atoms with van der Waals surface area (Å²) in [5.74, 6) is 0.227. The molecule has 0 spiro atoms. The SMILES string of the molecule is CC(NS(=O)(=O)c1ncn(C)c1Cl)c1nn[nH]n1. The van der Waals surface area contributed by atoms with E-state index in [2.05, 4.69) is 30.3 Å². The molecule has 1 unspecified atom stereocenters. The van der Waals surface area contributed by atoms with Gasteiger partial charge >= 0.3 is 0 Å². The molecule has 0 aromatic carbocycles. The predicted octanol–water partition coefficient (Wildman–Crippen LogP) is -0.374. The highest BCUT2D eigenvalue weighted by Gasteiger charge is 2.26. The molecule has 9 nitrogen and oxygen atoms in total. The number of tetrazole rings is 1. The predicted molar refractivity (Wildman–Crippen MR) is 61.1 cm³/mol. The molecule has 11 heteroatoms. The maximum absolute atomic E-state index is 12.0. The highest BCUT2D eigenvalue weighted by atomic mass is 35.5. The molecule has 0 amide bonds. The summed E-state index contributed by atoms with van der Waals surface area (Å²) in [5.41, 5.74) is 0. The van der Waals surface area contributed by atoms with Gasteiger partial charge in [-0.15, -0.1) is 10.2 Å². The second-order valence-corrected chi connectivity index (χ2v) is 5.55. The molecule has 2 aromatic rings. The van der Waals surface area contributed by atoms with Crippen LogP contribution in [0.15, 0.2) is 11.4 Å². The van der Waals surface area contributed by atoms with E-state index in [1.54, 1.807) is 14.0 Å². The van der Waals surface area contributed by atoms with E-state index in [0.717, 1.165) is 0 Å². The van der Waals surface area contributed by atoms with Gasteiger partial charge in [-0.25, -0.2) is 13.4 Å². The smallest absolute Gasteiger partial charge is 0.261 e. The van der Waals surface area contributed by atoms with Gasteiger partial charge in [-0.2, -0.15) is 9.94 Å². The summed E-state index contributed by atoms with van der Waals surface area (Å²) in [5, 5.41) is 12.8. The molecule has 0 saturated carbocycles. The minimum Gasteiger partial charge on any atom is -0.324 e. The normalized spacial score (nSPS) is 13.7. The molecule has 0 aliphatic rings.